The Balaban J connectivity index is 2.05. The molecule has 2 fully saturated rings. The molecule has 1 aliphatic carbocycles. The maximum Gasteiger partial charge on any atom is 0.0622 e. The van der Waals surface area contributed by atoms with Gasteiger partial charge in [-0.25, -0.2) is 0 Å². The molecule has 2 rings (SSSR count). The Morgan fingerprint density at radius 1 is 1.16 bits per heavy atom. The van der Waals surface area contributed by atoms with Gasteiger partial charge in [-0.05, 0) is 38.1 Å². The van der Waals surface area contributed by atoms with Crippen molar-refractivity contribution in [2.75, 3.05) is 26.3 Å². The molecule has 1 heterocycles. The summed E-state index contributed by atoms with van der Waals surface area (Å²) in [6.45, 7) is 11.0. The smallest absolute Gasteiger partial charge is 0.0622 e. The van der Waals surface area contributed by atoms with Crippen LogP contribution in [0.2, 0.25) is 0 Å². The number of hydrogen-bond acceptors (Lipinski definition) is 3. The van der Waals surface area contributed by atoms with Crippen LogP contribution < -0.4 is 5.32 Å². The van der Waals surface area contributed by atoms with E-state index < -0.39 is 0 Å². The first kappa shape index (κ1) is 15.3. The average Bonchev–Trinajstić information content (AvgIpc) is 2.48. The second-order valence-electron chi connectivity index (χ2n) is 6.19. The number of nitrogens with zero attached hydrogens (tertiary/aromatic N) is 1. The van der Waals surface area contributed by atoms with Crippen molar-refractivity contribution in [2.45, 2.75) is 71.0 Å². The number of rotatable bonds is 5. The summed E-state index contributed by atoms with van der Waals surface area (Å²) in [6.07, 6.45) is 6.70. The van der Waals surface area contributed by atoms with Crippen LogP contribution in [0, 0.1) is 5.92 Å². The monoisotopic (exact) mass is 268 g/mol. The van der Waals surface area contributed by atoms with Gasteiger partial charge < -0.3 is 10.1 Å². The fraction of sp³-hybridized carbons (Fsp3) is 1.00. The maximum atomic E-state index is 5.68. The molecule has 3 nitrogen and oxygen atoms in total. The number of ether oxygens (including phenoxy) is 1. The lowest BCUT2D eigenvalue weighted by atomic mass is 9.79. The molecule has 0 aromatic heterocycles. The van der Waals surface area contributed by atoms with Crippen molar-refractivity contribution in [2.24, 2.45) is 5.92 Å². The third kappa shape index (κ3) is 3.71. The van der Waals surface area contributed by atoms with Gasteiger partial charge in [0.1, 0.15) is 0 Å². The molecule has 0 aromatic rings. The minimum atomic E-state index is 0.635. The third-order valence-corrected chi connectivity index (χ3v) is 5.14. The highest BCUT2D eigenvalue weighted by Crippen LogP contribution is 2.32. The topological polar surface area (TPSA) is 24.5 Å². The Kier molecular flexibility index (Phi) is 6.11. The van der Waals surface area contributed by atoms with Crippen LogP contribution in [0.15, 0.2) is 0 Å². The summed E-state index contributed by atoms with van der Waals surface area (Å²) in [7, 11) is 0. The molecule has 0 amide bonds. The van der Waals surface area contributed by atoms with Gasteiger partial charge in [-0.2, -0.15) is 0 Å². The van der Waals surface area contributed by atoms with Crippen LogP contribution in [-0.2, 0) is 4.74 Å². The highest BCUT2D eigenvalue weighted by atomic mass is 16.5. The Labute approximate surface area is 119 Å². The second kappa shape index (κ2) is 7.61. The zero-order valence-electron chi connectivity index (χ0n) is 13.0. The summed E-state index contributed by atoms with van der Waals surface area (Å²) in [5.41, 5.74) is 0. The van der Waals surface area contributed by atoms with E-state index in [0.717, 1.165) is 38.3 Å². The van der Waals surface area contributed by atoms with E-state index in [1.165, 1.54) is 32.1 Å². The number of likely N-dealkylation sites (N-methyl/N-ethyl adjacent to an activating group) is 1. The molecule has 4 unspecified atom stereocenters. The summed E-state index contributed by atoms with van der Waals surface area (Å²) in [5, 5.41) is 3.74. The molecule has 1 N–H and O–H groups in total. The van der Waals surface area contributed by atoms with Crippen molar-refractivity contribution in [3.63, 3.8) is 0 Å². The van der Waals surface area contributed by atoms with Crippen LogP contribution >= 0.6 is 0 Å². The molecule has 3 heteroatoms. The van der Waals surface area contributed by atoms with Crippen molar-refractivity contribution in [3.05, 3.63) is 0 Å². The van der Waals surface area contributed by atoms with Gasteiger partial charge in [-0.15, -0.1) is 0 Å². The van der Waals surface area contributed by atoms with Gasteiger partial charge in [0.05, 0.1) is 13.2 Å². The molecule has 0 aromatic carbocycles. The van der Waals surface area contributed by atoms with Crippen molar-refractivity contribution >= 4 is 0 Å². The van der Waals surface area contributed by atoms with E-state index in [2.05, 4.69) is 31.0 Å². The third-order valence-electron chi connectivity index (χ3n) is 5.14. The largest absolute Gasteiger partial charge is 0.378 e. The van der Waals surface area contributed by atoms with Crippen LogP contribution in [-0.4, -0.2) is 49.3 Å². The van der Waals surface area contributed by atoms with E-state index in [9.17, 15) is 0 Å². The fourth-order valence-electron chi connectivity index (χ4n) is 3.93. The highest BCUT2D eigenvalue weighted by Gasteiger charge is 2.37. The standard InChI is InChI=1S/C16H32N2O/c1-4-13-7-8-15(17-6-3)16(11-13)18-9-10-19-12-14(18)5-2/h13-17H,4-12H2,1-3H3. The molecule has 4 atom stereocenters. The predicted octanol–water partition coefficient (Wildman–Crippen LogP) is 2.65. The maximum absolute atomic E-state index is 5.68. The molecule has 1 aliphatic heterocycles. The van der Waals surface area contributed by atoms with Gasteiger partial charge in [-0.1, -0.05) is 27.2 Å². The molecule has 0 bridgehead atoms. The molecular formula is C16H32N2O. The first-order valence-corrected chi connectivity index (χ1v) is 8.36. The van der Waals surface area contributed by atoms with E-state index in [1.807, 2.05) is 0 Å². The van der Waals surface area contributed by atoms with E-state index in [4.69, 9.17) is 4.74 Å². The molecule has 112 valence electrons. The van der Waals surface area contributed by atoms with E-state index in [0.29, 0.717) is 12.1 Å². The van der Waals surface area contributed by atoms with Crippen LogP contribution in [0.25, 0.3) is 0 Å². The molecule has 1 saturated carbocycles. The molecular weight excluding hydrogens is 236 g/mol. The second-order valence-corrected chi connectivity index (χ2v) is 6.19. The van der Waals surface area contributed by atoms with Crippen LogP contribution in [0.4, 0.5) is 0 Å². The van der Waals surface area contributed by atoms with E-state index in [-0.39, 0.29) is 0 Å². The Hall–Kier alpha value is -0.120. The Bertz CT molecular complexity index is 259. The van der Waals surface area contributed by atoms with Gasteiger partial charge in [0, 0.05) is 24.7 Å². The normalized spacial score (nSPS) is 37.4. The first-order valence-electron chi connectivity index (χ1n) is 8.36. The van der Waals surface area contributed by atoms with E-state index in [1.54, 1.807) is 0 Å². The van der Waals surface area contributed by atoms with Gasteiger partial charge in [0.15, 0.2) is 0 Å². The fourth-order valence-corrected chi connectivity index (χ4v) is 3.93. The van der Waals surface area contributed by atoms with Gasteiger partial charge in [0.25, 0.3) is 0 Å². The van der Waals surface area contributed by atoms with Crippen LogP contribution in [0.5, 0.6) is 0 Å². The number of hydrogen-bond donors (Lipinski definition) is 1. The lowest BCUT2D eigenvalue weighted by Gasteiger charge is -2.47. The average molecular weight is 268 g/mol. The summed E-state index contributed by atoms with van der Waals surface area (Å²) < 4.78 is 5.68. The van der Waals surface area contributed by atoms with Gasteiger partial charge >= 0.3 is 0 Å². The Morgan fingerprint density at radius 2 is 2.00 bits per heavy atom. The molecule has 0 radical (unpaired) electrons. The molecule has 19 heavy (non-hydrogen) atoms. The van der Waals surface area contributed by atoms with Gasteiger partial charge in [-0.3, -0.25) is 4.90 Å². The van der Waals surface area contributed by atoms with Crippen molar-refractivity contribution in [1.82, 2.24) is 10.2 Å². The molecule has 0 spiro atoms. The quantitative estimate of drug-likeness (QED) is 0.829. The van der Waals surface area contributed by atoms with Crippen LogP contribution in [0.3, 0.4) is 0 Å². The Morgan fingerprint density at radius 3 is 2.68 bits per heavy atom. The lowest BCUT2D eigenvalue weighted by Crippen LogP contribution is -2.59. The summed E-state index contributed by atoms with van der Waals surface area (Å²) >= 11 is 0. The minimum Gasteiger partial charge on any atom is -0.378 e. The first-order chi connectivity index (χ1) is 9.30. The van der Waals surface area contributed by atoms with Crippen LogP contribution in [0.1, 0.15) is 52.9 Å². The zero-order chi connectivity index (χ0) is 13.7. The predicted molar refractivity (Wildman–Crippen MR) is 80.5 cm³/mol. The summed E-state index contributed by atoms with van der Waals surface area (Å²) in [6, 6.07) is 2.06. The minimum absolute atomic E-state index is 0.635. The van der Waals surface area contributed by atoms with Gasteiger partial charge in [0.2, 0.25) is 0 Å². The number of morpholine rings is 1. The number of nitrogens with one attached hydrogen (secondary N) is 1. The molecule has 2 aliphatic rings. The highest BCUT2D eigenvalue weighted by molar-refractivity contribution is 4.94. The lowest BCUT2D eigenvalue weighted by molar-refractivity contribution is -0.0495. The summed E-state index contributed by atoms with van der Waals surface area (Å²) in [4.78, 5) is 2.76. The van der Waals surface area contributed by atoms with Crippen molar-refractivity contribution in [3.8, 4) is 0 Å². The van der Waals surface area contributed by atoms with Crippen molar-refractivity contribution in [1.29, 1.82) is 0 Å². The summed E-state index contributed by atoms with van der Waals surface area (Å²) in [5.74, 6) is 0.931. The van der Waals surface area contributed by atoms with Crippen molar-refractivity contribution < 1.29 is 4.74 Å². The SMILES string of the molecule is CCNC1CCC(CC)CC1N1CCOCC1CC. The van der Waals surface area contributed by atoms with E-state index >= 15 is 0 Å². The zero-order valence-corrected chi connectivity index (χ0v) is 13.0. The molecule has 1 saturated heterocycles.